The van der Waals surface area contributed by atoms with Crippen LogP contribution in [-0.2, 0) is 16.6 Å². The Morgan fingerprint density at radius 3 is 2.42 bits per heavy atom. The highest BCUT2D eigenvalue weighted by Crippen LogP contribution is 2.35. The second-order valence-corrected chi connectivity index (χ2v) is 7.03. The highest BCUT2D eigenvalue weighted by atomic mass is 19.4. The van der Waals surface area contributed by atoms with Gasteiger partial charge in [0.15, 0.2) is 0 Å². The van der Waals surface area contributed by atoms with Gasteiger partial charge >= 0.3 is 12.1 Å². The monoisotopic (exact) mass is 440 g/mol. The molecule has 2 amide bonds. The Bertz CT molecular complexity index is 965. The van der Waals surface area contributed by atoms with Gasteiger partial charge in [-0.25, -0.2) is 4.79 Å². The number of hydrogen-bond acceptors (Lipinski definition) is 6. The number of carboxylic acid groups (broad SMARTS) is 1. The molecule has 4 rings (SSSR count). The van der Waals surface area contributed by atoms with Gasteiger partial charge in [0.05, 0.1) is 41.9 Å². The van der Waals surface area contributed by atoms with E-state index in [0.29, 0.717) is 24.9 Å². The summed E-state index contributed by atoms with van der Waals surface area (Å²) in [5.41, 5.74) is 1.34. The highest BCUT2D eigenvalue weighted by molar-refractivity contribution is 5.97. The Labute approximate surface area is 174 Å². The summed E-state index contributed by atoms with van der Waals surface area (Å²) in [6, 6.07) is 1.72. The molecule has 2 aromatic rings. The van der Waals surface area contributed by atoms with Crippen molar-refractivity contribution in [1.29, 1.82) is 0 Å². The topological polar surface area (TPSA) is 122 Å². The largest absolute Gasteiger partial charge is 0.490 e. The number of alkyl halides is 3. The van der Waals surface area contributed by atoms with E-state index >= 15 is 0 Å². The molecule has 10 nitrogen and oxygen atoms in total. The first-order valence-electron chi connectivity index (χ1n) is 9.28. The third-order valence-electron chi connectivity index (χ3n) is 5.07. The summed E-state index contributed by atoms with van der Waals surface area (Å²) >= 11 is 0. The minimum Gasteiger partial charge on any atom is -0.475 e. The molecule has 0 saturated carbocycles. The summed E-state index contributed by atoms with van der Waals surface area (Å²) in [6.07, 6.45) is 3.39. The summed E-state index contributed by atoms with van der Waals surface area (Å²) in [7, 11) is 1.83. The predicted octanol–water partition coefficient (Wildman–Crippen LogP) is 1.25. The number of carbonyl (C=O) groups excluding carboxylic acids is 2. The van der Waals surface area contributed by atoms with Crippen LogP contribution in [0.2, 0.25) is 0 Å². The molecule has 2 saturated heterocycles. The highest BCUT2D eigenvalue weighted by Gasteiger charge is 2.45. The first-order valence-corrected chi connectivity index (χ1v) is 9.28. The molecule has 4 heterocycles. The number of rotatable bonds is 2. The van der Waals surface area contributed by atoms with Crippen molar-refractivity contribution in [3.63, 3.8) is 0 Å². The number of piperidine rings is 1. The Kier molecular flexibility index (Phi) is 6.22. The van der Waals surface area contributed by atoms with E-state index in [-0.39, 0.29) is 23.9 Å². The smallest absolute Gasteiger partial charge is 0.475 e. The normalized spacial score (nSPS) is 20.7. The third-order valence-corrected chi connectivity index (χ3v) is 5.07. The summed E-state index contributed by atoms with van der Waals surface area (Å²) in [5.74, 6) is -2.70. The average molecular weight is 440 g/mol. The number of likely N-dealkylation sites (tertiary alicyclic amines) is 1. The van der Waals surface area contributed by atoms with Crippen LogP contribution in [0.4, 0.5) is 18.9 Å². The van der Waals surface area contributed by atoms with Crippen molar-refractivity contribution in [2.24, 2.45) is 7.05 Å². The Morgan fingerprint density at radius 1 is 1.16 bits per heavy atom. The number of fused-ring (bicyclic) bond motifs is 1. The Balaban J connectivity index is 0.000000339. The minimum atomic E-state index is -5.08. The van der Waals surface area contributed by atoms with Gasteiger partial charge in [0.2, 0.25) is 5.91 Å². The lowest BCUT2D eigenvalue weighted by atomic mass is 9.95. The first kappa shape index (κ1) is 22.2. The second kappa shape index (κ2) is 8.70. The van der Waals surface area contributed by atoms with Crippen LogP contribution in [-0.4, -0.2) is 72.6 Å². The lowest BCUT2D eigenvalue weighted by Gasteiger charge is -2.39. The van der Waals surface area contributed by atoms with Crippen molar-refractivity contribution in [3.8, 4) is 0 Å². The number of aryl methyl sites for hydroxylation is 1. The Morgan fingerprint density at radius 2 is 1.87 bits per heavy atom. The van der Waals surface area contributed by atoms with Crippen molar-refractivity contribution in [2.75, 3.05) is 11.4 Å². The van der Waals surface area contributed by atoms with E-state index in [1.165, 1.54) is 12.4 Å². The fourth-order valence-corrected chi connectivity index (χ4v) is 3.77. The van der Waals surface area contributed by atoms with Gasteiger partial charge in [-0.1, -0.05) is 0 Å². The van der Waals surface area contributed by atoms with E-state index in [9.17, 15) is 22.8 Å². The van der Waals surface area contributed by atoms with E-state index in [4.69, 9.17) is 9.90 Å². The number of aromatic nitrogens is 4. The van der Waals surface area contributed by atoms with Crippen LogP contribution < -0.4 is 4.90 Å². The van der Waals surface area contributed by atoms with E-state index in [1.54, 1.807) is 16.9 Å². The zero-order valence-electron chi connectivity index (χ0n) is 16.4. The summed E-state index contributed by atoms with van der Waals surface area (Å²) in [4.78, 5) is 37.8. The SMILES string of the molecule is Cn1cc(N2C(=O)CC[C@@H]3[C@H]2CCN3C(=O)c2ccnnc2)cn1.O=C(O)C(F)(F)F. The zero-order chi connectivity index (χ0) is 22.8. The maximum Gasteiger partial charge on any atom is 0.490 e. The lowest BCUT2D eigenvalue weighted by Crippen LogP contribution is -2.53. The van der Waals surface area contributed by atoms with Gasteiger partial charge in [0, 0.05) is 26.2 Å². The van der Waals surface area contributed by atoms with Crippen molar-refractivity contribution in [2.45, 2.75) is 37.5 Å². The predicted molar refractivity (Wildman–Crippen MR) is 98.9 cm³/mol. The maximum absolute atomic E-state index is 12.8. The van der Waals surface area contributed by atoms with Crippen LogP contribution >= 0.6 is 0 Å². The van der Waals surface area contributed by atoms with Gasteiger partial charge < -0.3 is 14.9 Å². The van der Waals surface area contributed by atoms with Gasteiger partial charge in [-0.15, -0.1) is 0 Å². The molecular weight excluding hydrogens is 421 g/mol. The van der Waals surface area contributed by atoms with Crippen LogP contribution in [0.15, 0.2) is 30.9 Å². The number of carboxylic acids is 1. The molecule has 0 bridgehead atoms. The van der Waals surface area contributed by atoms with Crippen molar-refractivity contribution in [3.05, 3.63) is 36.4 Å². The van der Waals surface area contributed by atoms with Crippen LogP contribution in [0.5, 0.6) is 0 Å². The third kappa shape index (κ3) is 4.81. The number of amides is 2. The fourth-order valence-electron chi connectivity index (χ4n) is 3.77. The number of anilines is 1. The number of aliphatic carboxylic acids is 1. The summed E-state index contributed by atoms with van der Waals surface area (Å²) < 4.78 is 33.4. The van der Waals surface area contributed by atoms with Gasteiger partial charge in [0.1, 0.15) is 0 Å². The molecule has 2 aliphatic rings. The molecule has 1 N–H and O–H groups in total. The molecule has 0 radical (unpaired) electrons. The van der Waals surface area contributed by atoms with Crippen LogP contribution in [0.3, 0.4) is 0 Å². The molecule has 13 heteroatoms. The molecule has 2 aromatic heterocycles. The zero-order valence-corrected chi connectivity index (χ0v) is 16.4. The fraction of sp³-hybridized carbons (Fsp3) is 0.444. The van der Waals surface area contributed by atoms with E-state index < -0.39 is 12.1 Å². The van der Waals surface area contributed by atoms with Gasteiger partial charge in [-0.3, -0.25) is 14.3 Å². The number of carbonyl (C=O) groups is 3. The molecule has 2 atom stereocenters. The van der Waals surface area contributed by atoms with E-state index in [2.05, 4.69) is 15.3 Å². The molecule has 0 unspecified atom stereocenters. The molecule has 2 fully saturated rings. The molecular formula is C18H19F3N6O4. The summed E-state index contributed by atoms with van der Waals surface area (Å²) in [5, 5.41) is 18.8. The molecule has 166 valence electrons. The lowest BCUT2D eigenvalue weighted by molar-refractivity contribution is -0.192. The quantitative estimate of drug-likeness (QED) is 0.746. The second-order valence-electron chi connectivity index (χ2n) is 7.03. The van der Waals surface area contributed by atoms with Crippen LogP contribution in [0.25, 0.3) is 0 Å². The van der Waals surface area contributed by atoms with Crippen LogP contribution in [0.1, 0.15) is 29.6 Å². The summed E-state index contributed by atoms with van der Waals surface area (Å²) in [6.45, 7) is 0.639. The van der Waals surface area contributed by atoms with Gasteiger partial charge in [-0.05, 0) is 18.9 Å². The molecule has 0 aromatic carbocycles. The molecule has 31 heavy (non-hydrogen) atoms. The molecule has 0 spiro atoms. The van der Waals surface area contributed by atoms with E-state index in [0.717, 1.165) is 12.1 Å². The average Bonchev–Trinajstić information content (AvgIpc) is 3.34. The van der Waals surface area contributed by atoms with Gasteiger partial charge in [-0.2, -0.15) is 28.5 Å². The molecule has 0 aliphatic carbocycles. The molecule has 2 aliphatic heterocycles. The van der Waals surface area contributed by atoms with Crippen molar-refractivity contribution >= 4 is 23.5 Å². The Hall–Kier alpha value is -3.51. The standard InChI is InChI=1S/C16H18N6O2.C2HF3O2/c1-20-10-12(9-19-20)22-14-5-7-21(13(14)2-3-15(22)23)16(24)11-4-6-17-18-8-11;3-2(4,5)1(6)7/h4,6,8-10,13-14H,2-3,5,7H2,1H3;(H,6,7)/t13-,14-;/m1./s1. The number of halogens is 3. The van der Waals surface area contributed by atoms with Crippen LogP contribution in [0, 0.1) is 0 Å². The van der Waals surface area contributed by atoms with Crippen molar-refractivity contribution < 1.29 is 32.7 Å². The minimum absolute atomic E-state index is 0.00852. The maximum atomic E-state index is 12.8. The first-order chi connectivity index (χ1) is 14.6. The van der Waals surface area contributed by atoms with Crippen molar-refractivity contribution in [1.82, 2.24) is 24.9 Å². The van der Waals surface area contributed by atoms with Gasteiger partial charge in [0.25, 0.3) is 5.91 Å². The number of hydrogen-bond donors (Lipinski definition) is 1. The van der Waals surface area contributed by atoms with E-state index in [1.807, 2.05) is 23.0 Å². The number of nitrogens with zero attached hydrogens (tertiary/aromatic N) is 6.